The van der Waals surface area contributed by atoms with Crippen molar-refractivity contribution in [3.8, 4) is 16.5 Å². The maximum absolute atomic E-state index is 12.4. The number of carbonyl (C=O) groups excluding carboxylic acids is 1. The number of carbonyl (C=O) groups is 1. The predicted molar refractivity (Wildman–Crippen MR) is 86.9 cm³/mol. The summed E-state index contributed by atoms with van der Waals surface area (Å²) in [6.07, 6.45) is 4.59. The van der Waals surface area contributed by atoms with Crippen LogP contribution in [0, 0.1) is 0 Å². The summed E-state index contributed by atoms with van der Waals surface area (Å²) in [5.41, 5.74) is 1.39. The van der Waals surface area contributed by atoms with Gasteiger partial charge in [0.15, 0.2) is 10.8 Å². The predicted octanol–water partition coefficient (Wildman–Crippen LogP) is 2.63. The number of hydrogen-bond donors (Lipinski definition) is 1. The molecule has 0 spiro atoms. The minimum atomic E-state index is -0.237. The van der Waals surface area contributed by atoms with Crippen molar-refractivity contribution in [2.45, 2.75) is 0 Å². The fraction of sp³-hybridized carbons (Fsp3) is 0. The van der Waals surface area contributed by atoms with Crippen molar-refractivity contribution in [2.24, 2.45) is 0 Å². The third kappa shape index (κ3) is 2.79. The van der Waals surface area contributed by atoms with Gasteiger partial charge < -0.3 is 9.73 Å². The van der Waals surface area contributed by atoms with Crippen LogP contribution >= 0.6 is 11.3 Å². The van der Waals surface area contributed by atoms with Gasteiger partial charge in [0, 0.05) is 5.69 Å². The summed E-state index contributed by atoms with van der Waals surface area (Å²) in [4.78, 5) is 17.1. The van der Waals surface area contributed by atoms with Crippen LogP contribution in [0.4, 0.5) is 5.69 Å². The van der Waals surface area contributed by atoms with Crippen LogP contribution in [-0.4, -0.2) is 31.1 Å². The molecular weight excluding hydrogens is 328 g/mol. The summed E-state index contributed by atoms with van der Waals surface area (Å²) in [5.74, 6) is 0.402. The van der Waals surface area contributed by atoms with Crippen molar-refractivity contribution in [3.63, 3.8) is 0 Å². The van der Waals surface area contributed by atoms with E-state index in [1.54, 1.807) is 30.5 Å². The van der Waals surface area contributed by atoms with Crippen molar-refractivity contribution in [1.82, 2.24) is 25.2 Å². The Bertz CT molecular complexity index is 962. The molecular formula is C15H10N6O2S. The molecule has 9 heteroatoms. The number of rotatable bonds is 4. The molecule has 0 aliphatic heterocycles. The van der Waals surface area contributed by atoms with Crippen molar-refractivity contribution in [1.29, 1.82) is 0 Å². The molecule has 118 valence electrons. The third-order valence-electron chi connectivity index (χ3n) is 3.18. The maximum atomic E-state index is 12.4. The molecule has 0 unspecified atom stereocenters. The highest BCUT2D eigenvalue weighted by molar-refractivity contribution is 7.17. The first-order valence-corrected chi connectivity index (χ1v) is 7.76. The third-order valence-corrected chi connectivity index (χ3v) is 4.19. The lowest BCUT2D eigenvalue weighted by Crippen LogP contribution is -2.10. The molecule has 0 bridgehead atoms. The average molecular weight is 338 g/mol. The largest absolute Gasteiger partial charge is 0.462 e. The summed E-state index contributed by atoms with van der Waals surface area (Å²) in [5, 5.41) is 14.5. The number of anilines is 1. The lowest BCUT2D eigenvalue weighted by Gasteiger charge is -2.05. The fourth-order valence-electron chi connectivity index (χ4n) is 2.09. The molecule has 1 amide bonds. The SMILES string of the molecule is O=C(Nc1cccc(-n2cnnn2)c1)c1cnc(-c2ccco2)s1. The Balaban J connectivity index is 1.53. The number of thiazole rings is 1. The molecule has 1 N–H and O–H groups in total. The Kier molecular flexibility index (Phi) is 3.60. The number of aromatic nitrogens is 5. The maximum Gasteiger partial charge on any atom is 0.267 e. The second-order valence-electron chi connectivity index (χ2n) is 4.77. The Morgan fingerprint density at radius 2 is 2.21 bits per heavy atom. The van der Waals surface area contributed by atoms with Gasteiger partial charge in [-0.15, -0.1) is 16.4 Å². The van der Waals surface area contributed by atoms with Gasteiger partial charge in [0.05, 0.1) is 18.1 Å². The van der Waals surface area contributed by atoms with E-state index in [4.69, 9.17) is 4.42 Å². The smallest absolute Gasteiger partial charge is 0.267 e. The number of benzene rings is 1. The molecule has 4 rings (SSSR count). The lowest BCUT2D eigenvalue weighted by atomic mass is 10.2. The van der Waals surface area contributed by atoms with Crippen molar-refractivity contribution < 1.29 is 9.21 Å². The van der Waals surface area contributed by atoms with Crippen LogP contribution in [-0.2, 0) is 0 Å². The molecule has 4 aromatic rings. The highest BCUT2D eigenvalue weighted by Gasteiger charge is 2.13. The summed E-state index contributed by atoms with van der Waals surface area (Å²) in [7, 11) is 0. The normalized spacial score (nSPS) is 10.7. The first kappa shape index (κ1) is 14.3. The number of tetrazole rings is 1. The highest BCUT2D eigenvalue weighted by Crippen LogP contribution is 2.26. The zero-order chi connectivity index (χ0) is 16.4. The van der Waals surface area contributed by atoms with Crippen LogP contribution < -0.4 is 5.32 Å². The molecule has 1 aromatic carbocycles. The van der Waals surface area contributed by atoms with Crippen LogP contribution in [0.1, 0.15) is 9.67 Å². The van der Waals surface area contributed by atoms with Gasteiger partial charge in [-0.1, -0.05) is 6.07 Å². The number of amides is 1. The van der Waals surface area contributed by atoms with Crippen LogP contribution in [0.3, 0.4) is 0 Å². The number of furan rings is 1. The van der Waals surface area contributed by atoms with Gasteiger partial charge >= 0.3 is 0 Å². The van der Waals surface area contributed by atoms with Gasteiger partial charge in [-0.05, 0) is 40.8 Å². The lowest BCUT2D eigenvalue weighted by molar-refractivity contribution is 0.103. The second kappa shape index (κ2) is 6.05. The first-order valence-electron chi connectivity index (χ1n) is 6.94. The first-order chi connectivity index (χ1) is 11.8. The topological polar surface area (TPSA) is 98.7 Å². The minimum Gasteiger partial charge on any atom is -0.462 e. The quantitative estimate of drug-likeness (QED) is 0.614. The second-order valence-corrected chi connectivity index (χ2v) is 5.80. The minimum absolute atomic E-state index is 0.237. The van der Waals surface area contributed by atoms with Crippen LogP contribution in [0.25, 0.3) is 16.5 Å². The van der Waals surface area contributed by atoms with Crippen LogP contribution in [0.15, 0.2) is 59.6 Å². The fourth-order valence-corrected chi connectivity index (χ4v) is 2.87. The zero-order valence-corrected chi connectivity index (χ0v) is 13.0. The van der Waals surface area contributed by atoms with E-state index in [0.717, 1.165) is 5.69 Å². The van der Waals surface area contributed by atoms with Gasteiger partial charge in [0.25, 0.3) is 5.91 Å². The van der Waals surface area contributed by atoms with Gasteiger partial charge in [0.1, 0.15) is 11.2 Å². The molecule has 0 fully saturated rings. The Labute approximate surface area is 139 Å². The van der Waals surface area contributed by atoms with Crippen LogP contribution in [0.5, 0.6) is 0 Å². The number of hydrogen-bond acceptors (Lipinski definition) is 7. The van der Waals surface area contributed by atoms with Gasteiger partial charge in [0.2, 0.25) is 0 Å². The van der Waals surface area contributed by atoms with E-state index in [2.05, 4.69) is 25.8 Å². The molecule has 0 aliphatic carbocycles. The number of nitrogens with zero attached hydrogens (tertiary/aromatic N) is 5. The van der Waals surface area contributed by atoms with Gasteiger partial charge in [-0.3, -0.25) is 4.79 Å². The number of nitrogens with one attached hydrogen (secondary N) is 1. The van der Waals surface area contributed by atoms with E-state index >= 15 is 0 Å². The van der Waals surface area contributed by atoms with E-state index in [-0.39, 0.29) is 5.91 Å². The van der Waals surface area contributed by atoms with E-state index in [0.29, 0.717) is 21.3 Å². The van der Waals surface area contributed by atoms with Gasteiger partial charge in [-0.25, -0.2) is 9.67 Å². The summed E-state index contributed by atoms with van der Waals surface area (Å²) < 4.78 is 6.79. The van der Waals surface area contributed by atoms with E-state index in [9.17, 15) is 4.79 Å². The molecule has 0 atom stereocenters. The van der Waals surface area contributed by atoms with Crippen molar-refractivity contribution >= 4 is 22.9 Å². The Morgan fingerprint density at radius 3 is 3.00 bits per heavy atom. The van der Waals surface area contributed by atoms with E-state index in [1.165, 1.54) is 28.5 Å². The Hall–Kier alpha value is -3.33. The van der Waals surface area contributed by atoms with Gasteiger partial charge in [-0.2, -0.15) is 0 Å². The Morgan fingerprint density at radius 1 is 1.25 bits per heavy atom. The molecule has 0 saturated heterocycles. The molecule has 0 aliphatic rings. The standard InChI is InChI=1S/C15H10N6O2S/c22-14(13-8-16-15(24-13)12-5-2-6-23-12)18-10-3-1-4-11(7-10)21-9-17-19-20-21/h1-9H,(H,18,22). The molecule has 24 heavy (non-hydrogen) atoms. The molecule has 3 heterocycles. The molecule has 0 radical (unpaired) electrons. The monoisotopic (exact) mass is 338 g/mol. The summed E-state index contributed by atoms with van der Waals surface area (Å²) in [6, 6.07) is 10.8. The van der Waals surface area contributed by atoms with Crippen molar-refractivity contribution in [3.05, 3.63) is 60.1 Å². The van der Waals surface area contributed by atoms with Crippen molar-refractivity contribution in [2.75, 3.05) is 5.32 Å². The molecule has 3 aromatic heterocycles. The molecule has 0 saturated carbocycles. The highest BCUT2D eigenvalue weighted by atomic mass is 32.1. The van der Waals surface area contributed by atoms with E-state index < -0.39 is 0 Å². The zero-order valence-electron chi connectivity index (χ0n) is 12.2. The summed E-state index contributed by atoms with van der Waals surface area (Å²) in [6.45, 7) is 0. The van der Waals surface area contributed by atoms with E-state index in [1.807, 2.05) is 12.1 Å². The van der Waals surface area contributed by atoms with Crippen LogP contribution in [0.2, 0.25) is 0 Å². The average Bonchev–Trinajstić information content (AvgIpc) is 3.36. The molecule has 8 nitrogen and oxygen atoms in total. The summed E-state index contributed by atoms with van der Waals surface area (Å²) >= 11 is 1.27.